The van der Waals surface area contributed by atoms with Crippen LogP contribution in [0.5, 0.6) is 11.5 Å². The fourth-order valence-corrected chi connectivity index (χ4v) is 2.87. The Morgan fingerprint density at radius 3 is 2.58 bits per heavy atom. The molecule has 2 heterocycles. The molecule has 0 bridgehead atoms. The summed E-state index contributed by atoms with van der Waals surface area (Å²) in [7, 11) is 0. The van der Waals surface area contributed by atoms with E-state index in [9.17, 15) is 4.79 Å². The number of fused-ring (bicyclic) bond motifs is 1. The SMILES string of the molecule is Cc1ccc(CCC2=N/C(=C/c3ccc4c(c3)OCCO4)C(=O)O2)cc1. The summed E-state index contributed by atoms with van der Waals surface area (Å²) in [6.07, 6.45) is 3.08. The molecule has 0 saturated heterocycles. The smallest absolute Gasteiger partial charge is 0.363 e. The molecule has 0 aliphatic carbocycles. The van der Waals surface area contributed by atoms with Gasteiger partial charge in [-0.1, -0.05) is 35.9 Å². The normalized spacial score (nSPS) is 17.2. The molecule has 2 aromatic carbocycles. The molecule has 2 aromatic rings. The van der Waals surface area contributed by atoms with Gasteiger partial charge in [0.15, 0.2) is 23.1 Å². The summed E-state index contributed by atoms with van der Waals surface area (Å²) in [4.78, 5) is 16.4. The van der Waals surface area contributed by atoms with Crippen LogP contribution in [0.2, 0.25) is 0 Å². The number of carbonyl (C=O) groups is 1. The van der Waals surface area contributed by atoms with Crippen LogP contribution < -0.4 is 9.47 Å². The van der Waals surface area contributed by atoms with Crippen LogP contribution in [0.3, 0.4) is 0 Å². The Balaban J connectivity index is 1.47. The van der Waals surface area contributed by atoms with E-state index in [0.29, 0.717) is 37.0 Å². The molecule has 0 N–H and O–H groups in total. The van der Waals surface area contributed by atoms with Gasteiger partial charge in [-0.2, -0.15) is 0 Å². The number of benzene rings is 2. The van der Waals surface area contributed by atoms with Crippen molar-refractivity contribution in [3.8, 4) is 11.5 Å². The van der Waals surface area contributed by atoms with Crippen LogP contribution in [0, 0.1) is 6.92 Å². The summed E-state index contributed by atoms with van der Waals surface area (Å²) in [5.41, 5.74) is 3.55. The van der Waals surface area contributed by atoms with Crippen LogP contribution in [0.25, 0.3) is 6.08 Å². The van der Waals surface area contributed by atoms with Gasteiger partial charge in [0, 0.05) is 6.42 Å². The van der Waals surface area contributed by atoms with Gasteiger partial charge in [-0.3, -0.25) is 0 Å². The largest absolute Gasteiger partial charge is 0.486 e. The van der Waals surface area contributed by atoms with Crippen molar-refractivity contribution < 1.29 is 19.0 Å². The Kier molecular flexibility index (Phi) is 4.44. The molecule has 5 nitrogen and oxygen atoms in total. The minimum Gasteiger partial charge on any atom is -0.486 e. The number of carbonyl (C=O) groups excluding carboxylic acids is 1. The maximum atomic E-state index is 12.1. The molecular weight excluding hydrogens is 330 g/mol. The Morgan fingerprint density at radius 1 is 1.00 bits per heavy atom. The number of nitrogens with zero attached hydrogens (tertiary/aromatic N) is 1. The van der Waals surface area contributed by atoms with Gasteiger partial charge in [0.25, 0.3) is 0 Å². The number of hydrogen-bond donors (Lipinski definition) is 0. The zero-order valence-corrected chi connectivity index (χ0v) is 14.5. The van der Waals surface area contributed by atoms with E-state index >= 15 is 0 Å². The van der Waals surface area contributed by atoms with Gasteiger partial charge in [-0.25, -0.2) is 9.79 Å². The molecule has 5 heteroatoms. The molecule has 0 spiro atoms. The molecular formula is C21H19NO4. The van der Waals surface area contributed by atoms with Crippen molar-refractivity contribution in [2.24, 2.45) is 4.99 Å². The van der Waals surface area contributed by atoms with Crippen LogP contribution >= 0.6 is 0 Å². The summed E-state index contributed by atoms with van der Waals surface area (Å²) in [6.45, 7) is 3.13. The summed E-state index contributed by atoms with van der Waals surface area (Å²) < 4.78 is 16.4. The van der Waals surface area contributed by atoms with E-state index in [1.165, 1.54) is 11.1 Å². The second-order valence-electron chi connectivity index (χ2n) is 6.31. The fraction of sp³-hybridized carbons (Fsp3) is 0.238. The predicted octanol–water partition coefficient (Wildman–Crippen LogP) is 3.70. The Hall–Kier alpha value is -3.08. The van der Waals surface area contributed by atoms with Gasteiger partial charge in [-0.05, 0) is 42.7 Å². The van der Waals surface area contributed by atoms with Gasteiger partial charge in [0.1, 0.15) is 13.2 Å². The minimum absolute atomic E-state index is 0.306. The Labute approximate surface area is 151 Å². The van der Waals surface area contributed by atoms with Crippen molar-refractivity contribution in [3.05, 3.63) is 64.9 Å². The highest BCUT2D eigenvalue weighted by molar-refractivity contribution is 6.07. The predicted molar refractivity (Wildman–Crippen MR) is 98.4 cm³/mol. The number of aliphatic imine (C=N–C) groups is 1. The van der Waals surface area contributed by atoms with E-state index in [-0.39, 0.29) is 0 Å². The molecule has 0 radical (unpaired) electrons. The number of rotatable bonds is 4. The lowest BCUT2D eigenvalue weighted by Crippen LogP contribution is -2.15. The van der Waals surface area contributed by atoms with E-state index in [0.717, 1.165) is 17.7 Å². The molecule has 0 aromatic heterocycles. The number of esters is 1. The molecule has 2 aliphatic heterocycles. The van der Waals surface area contributed by atoms with E-state index in [1.54, 1.807) is 6.08 Å². The first kappa shape index (κ1) is 16.4. The molecule has 0 atom stereocenters. The third-order valence-electron chi connectivity index (χ3n) is 4.28. The summed E-state index contributed by atoms with van der Waals surface area (Å²) >= 11 is 0. The summed E-state index contributed by atoms with van der Waals surface area (Å²) in [6, 6.07) is 13.9. The maximum Gasteiger partial charge on any atom is 0.363 e. The van der Waals surface area contributed by atoms with Crippen molar-refractivity contribution in [2.75, 3.05) is 13.2 Å². The molecule has 132 valence electrons. The first-order valence-corrected chi connectivity index (χ1v) is 8.64. The number of cyclic esters (lactones) is 1. The monoisotopic (exact) mass is 349 g/mol. The van der Waals surface area contributed by atoms with Gasteiger partial charge in [0.2, 0.25) is 0 Å². The van der Waals surface area contributed by atoms with Crippen molar-refractivity contribution >= 4 is 17.9 Å². The quantitative estimate of drug-likeness (QED) is 0.624. The highest BCUT2D eigenvalue weighted by Crippen LogP contribution is 2.31. The lowest BCUT2D eigenvalue weighted by atomic mass is 10.1. The highest BCUT2D eigenvalue weighted by Gasteiger charge is 2.23. The number of hydrogen-bond acceptors (Lipinski definition) is 5. The lowest BCUT2D eigenvalue weighted by Gasteiger charge is -2.18. The van der Waals surface area contributed by atoms with Crippen molar-refractivity contribution in [2.45, 2.75) is 19.8 Å². The second kappa shape index (κ2) is 7.04. The standard InChI is InChI=1S/C21H19NO4/c1-14-2-4-15(5-3-14)7-9-20-22-17(21(23)26-20)12-16-6-8-18-19(13-16)25-11-10-24-18/h2-6,8,12-13H,7,9-11H2,1H3/b17-12+. The molecule has 26 heavy (non-hydrogen) atoms. The number of ether oxygens (including phenoxy) is 3. The van der Waals surface area contributed by atoms with Crippen LogP contribution in [-0.2, 0) is 16.0 Å². The number of aryl methyl sites for hydroxylation is 2. The van der Waals surface area contributed by atoms with Crippen molar-refractivity contribution in [3.63, 3.8) is 0 Å². The minimum atomic E-state index is -0.418. The molecule has 0 unspecified atom stereocenters. The highest BCUT2D eigenvalue weighted by atomic mass is 16.6. The Morgan fingerprint density at radius 2 is 1.77 bits per heavy atom. The zero-order chi connectivity index (χ0) is 17.9. The first-order valence-electron chi connectivity index (χ1n) is 8.64. The van der Waals surface area contributed by atoms with E-state index in [2.05, 4.69) is 36.2 Å². The molecule has 0 amide bonds. The van der Waals surface area contributed by atoms with Gasteiger partial charge < -0.3 is 14.2 Å². The van der Waals surface area contributed by atoms with Gasteiger partial charge in [0.05, 0.1) is 0 Å². The molecule has 2 aliphatic rings. The third kappa shape index (κ3) is 3.61. The maximum absolute atomic E-state index is 12.1. The van der Waals surface area contributed by atoms with Crippen LogP contribution in [0.15, 0.2) is 53.2 Å². The van der Waals surface area contributed by atoms with E-state index in [4.69, 9.17) is 14.2 Å². The van der Waals surface area contributed by atoms with E-state index < -0.39 is 5.97 Å². The summed E-state index contributed by atoms with van der Waals surface area (Å²) in [5.74, 6) is 1.44. The van der Waals surface area contributed by atoms with E-state index in [1.807, 2.05) is 18.2 Å². The van der Waals surface area contributed by atoms with Gasteiger partial charge in [-0.15, -0.1) is 0 Å². The van der Waals surface area contributed by atoms with Gasteiger partial charge >= 0.3 is 5.97 Å². The summed E-state index contributed by atoms with van der Waals surface area (Å²) in [5, 5.41) is 0. The lowest BCUT2D eigenvalue weighted by molar-refractivity contribution is -0.130. The fourth-order valence-electron chi connectivity index (χ4n) is 2.87. The van der Waals surface area contributed by atoms with Crippen molar-refractivity contribution in [1.29, 1.82) is 0 Å². The van der Waals surface area contributed by atoms with Crippen LogP contribution in [-0.4, -0.2) is 25.1 Å². The molecule has 0 saturated carbocycles. The average molecular weight is 349 g/mol. The molecule has 0 fully saturated rings. The third-order valence-corrected chi connectivity index (χ3v) is 4.28. The topological polar surface area (TPSA) is 57.1 Å². The first-order chi connectivity index (χ1) is 12.7. The van der Waals surface area contributed by atoms with Crippen LogP contribution in [0.4, 0.5) is 0 Å². The second-order valence-corrected chi connectivity index (χ2v) is 6.31. The van der Waals surface area contributed by atoms with Crippen LogP contribution in [0.1, 0.15) is 23.1 Å². The van der Waals surface area contributed by atoms with Crippen molar-refractivity contribution in [1.82, 2.24) is 0 Å². The zero-order valence-electron chi connectivity index (χ0n) is 14.5. The Bertz CT molecular complexity index is 897. The molecule has 4 rings (SSSR count). The average Bonchev–Trinajstić information content (AvgIpc) is 3.01.